The molecule has 17 N–H and O–H groups in total. The van der Waals surface area contributed by atoms with Crippen LogP contribution in [0.3, 0.4) is 0 Å². The van der Waals surface area contributed by atoms with E-state index in [1.165, 1.54) is 0 Å². The summed E-state index contributed by atoms with van der Waals surface area (Å²) in [5, 5.41) is 7.57. The van der Waals surface area contributed by atoms with E-state index in [1.807, 2.05) is 0 Å². The van der Waals surface area contributed by atoms with Crippen molar-refractivity contribution in [3.8, 4) is 0 Å². The first-order valence-electron chi connectivity index (χ1n) is 1.02. The van der Waals surface area contributed by atoms with Gasteiger partial charge in [0.15, 0.2) is 0 Å². The summed E-state index contributed by atoms with van der Waals surface area (Å²) in [5.41, 5.74) is 0. The summed E-state index contributed by atoms with van der Waals surface area (Å²) in [6, 6.07) is 0. The molecule has 0 spiro atoms. The Hall–Kier alpha value is 1.21. The maximum absolute atomic E-state index is 7.57. The van der Waals surface area contributed by atoms with E-state index in [-0.39, 0.29) is 102 Å². The minimum Gasteiger partial charge on any atom is -1.00 e. The quantitative estimate of drug-likeness (QED) is 0.416. The van der Waals surface area contributed by atoms with Gasteiger partial charge in [-0.15, -0.1) is 0 Å². The minimum atomic E-state index is 0. The minimum absolute atomic E-state index is 0. The van der Waals surface area contributed by atoms with Crippen molar-refractivity contribution in [2.75, 3.05) is 6.61 Å². The average molecular weight is 330 g/mol. The Balaban J connectivity index is -0.000000000364. The van der Waals surface area contributed by atoms with Gasteiger partial charge in [-0.1, -0.05) is 0 Å². The Bertz CT molecular complexity index is 20.8. The molecule has 0 saturated heterocycles. The molecule has 0 radical (unpaired) electrons. The van der Waals surface area contributed by atoms with Gasteiger partial charge >= 0.3 is 48.9 Å². The zero-order valence-corrected chi connectivity index (χ0v) is 11.3. The monoisotopic (exact) mass is 330 g/mol. The van der Waals surface area contributed by atoms with Crippen LogP contribution in [0, 0.1) is 0 Å². The van der Waals surface area contributed by atoms with Crippen molar-refractivity contribution >= 4 is 48.9 Å². The third-order valence-electron chi connectivity index (χ3n) is 0. The number of hydrogen-bond donors (Lipinski definition) is 1. The molecule has 0 aromatic carbocycles. The third kappa shape index (κ3) is 797. The SMILES string of the molecule is CCO.O.O.O.O.O.O.O.O.[Ba+2].[H-].[H-]. The van der Waals surface area contributed by atoms with Crippen LogP contribution in [0.5, 0.6) is 0 Å². The normalized spacial score (nSPS) is 1.50. The van der Waals surface area contributed by atoms with Crippen LogP contribution in [0.4, 0.5) is 0 Å². The topological polar surface area (TPSA) is 272 Å². The predicted molar refractivity (Wildman–Crippen MR) is 49.6 cm³/mol. The molecule has 0 aromatic heterocycles. The zero-order chi connectivity index (χ0) is 2.71. The van der Waals surface area contributed by atoms with Crippen molar-refractivity contribution in [3.63, 3.8) is 0 Å². The maximum atomic E-state index is 7.57. The molecule has 10 heteroatoms. The van der Waals surface area contributed by atoms with Crippen LogP contribution in [0.15, 0.2) is 0 Å². The number of hydrogen-bond acceptors (Lipinski definition) is 1. The van der Waals surface area contributed by atoms with E-state index in [0.29, 0.717) is 0 Å². The van der Waals surface area contributed by atoms with Gasteiger partial charge in [0, 0.05) is 6.61 Å². The van der Waals surface area contributed by atoms with Crippen molar-refractivity contribution in [1.29, 1.82) is 0 Å². The Morgan fingerprint density at radius 1 is 0.750 bits per heavy atom. The molecule has 0 saturated carbocycles. The molecule has 0 aliphatic carbocycles. The first kappa shape index (κ1) is 191. The number of aliphatic hydroxyl groups is 1. The van der Waals surface area contributed by atoms with Crippen LogP contribution < -0.4 is 0 Å². The Kier molecular flexibility index (Phi) is 5000. The fourth-order valence-electron chi connectivity index (χ4n) is 0. The van der Waals surface area contributed by atoms with Gasteiger partial charge in [0.1, 0.15) is 0 Å². The third-order valence-corrected chi connectivity index (χ3v) is 0. The van der Waals surface area contributed by atoms with Crippen LogP contribution in [0.1, 0.15) is 9.78 Å². The second-order valence-corrected chi connectivity index (χ2v) is 0.316. The van der Waals surface area contributed by atoms with E-state index in [9.17, 15) is 0 Å². The maximum Gasteiger partial charge on any atom is 2.00 e. The summed E-state index contributed by atoms with van der Waals surface area (Å²) in [7, 11) is 0. The number of rotatable bonds is 0. The molecular weight excluding hydrogens is 305 g/mol. The second kappa shape index (κ2) is 314. The van der Waals surface area contributed by atoms with E-state index >= 15 is 0 Å². The molecule has 0 heterocycles. The Morgan fingerprint density at radius 3 is 0.750 bits per heavy atom. The summed E-state index contributed by atoms with van der Waals surface area (Å²) in [6.07, 6.45) is 0. The summed E-state index contributed by atoms with van der Waals surface area (Å²) in [4.78, 5) is 0. The van der Waals surface area contributed by atoms with Gasteiger partial charge in [0.05, 0.1) is 0 Å². The molecule has 0 atom stereocenters. The van der Waals surface area contributed by atoms with Crippen molar-refractivity contribution in [2.45, 2.75) is 6.92 Å². The molecule has 0 aliphatic heterocycles. The molecular formula is C2H24BaO9. The summed E-state index contributed by atoms with van der Waals surface area (Å²) < 4.78 is 0. The predicted octanol–water partition coefficient (Wildman–Crippen LogP) is -6.75. The summed E-state index contributed by atoms with van der Waals surface area (Å²) in [6.45, 7) is 1.93. The van der Waals surface area contributed by atoms with Crippen LogP contribution in [0.2, 0.25) is 0 Å². The fraction of sp³-hybridized carbons (Fsp3) is 1.00. The molecule has 0 aromatic rings. The fourth-order valence-corrected chi connectivity index (χ4v) is 0. The van der Waals surface area contributed by atoms with Crippen molar-refractivity contribution in [2.24, 2.45) is 0 Å². The van der Waals surface area contributed by atoms with E-state index in [4.69, 9.17) is 5.11 Å². The van der Waals surface area contributed by atoms with E-state index < -0.39 is 0 Å². The first-order chi connectivity index (χ1) is 1.41. The zero-order valence-electron chi connectivity index (χ0n) is 8.86. The molecule has 9 nitrogen and oxygen atoms in total. The van der Waals surface area contributed by atoms with Crippen molar-refractivity contribution < 1.29 is 51.8 Å². The molecule has 88 valence electrons. The molecule has 0 amide bonds. The molecule has 0 fully saturated rings. The van der Waals surface area contributed by atoms with Crippen molar-refractivity contribution in [3.05, 3.63) is 0 Å². The summed E-state index contributed by atoms with van der Waals surface area (Å²) >= 11 is 0. The van der Waals surface area contributed by atoms with Gasteiger partial charge < -0.3 is 51.8 Å². The second-order valence-electron chi connectivity index (χ2n) is 0.316. The van der Waals surface area contributed by atoms with Crippen LogP contribution in [-0.4, -0.2) is 104 Å². The van der Waals surface area contributed by atoms with E-state index in [2.05, 4.69) is 0 Å². The Morgan fingerprint density at radius 2 is 0.750 bits per heavy atom. The molecule has 12 heavy (non-hydrogen) atoms. The smallest absolute Gasteiger partial charge is 1.00 e. The average Bonchev–Trinajstić information content (AvgIpc) is 0.918. The van der Waals surface area contributed by atoms with E-state index in [1.54, 1.807) is 6.92 Å². The van der Waals surface area contributed by atoms with Gasteiger partial charge in [-0.25, -0.2) is 0 Å². The standard InChI is InChI=1S/C2H6O.Ba.8H2O.2H/c1-2-3;;;;;;;;;;;/h3H,2H2,1H3;;8*1H2;;/q;+2;;;;;;;;;2*-1. The van der Waals surface area contributed by atoms with Gasteiger partial charge in [-0.05, 0) is 6.92 Å². The van der Waals surface area contributed by atoms with Crippen LogP contribution >= 0.6 is 0 Å². The van der Waals surface area contributed by atoms with Crippen molar-refractivity contribution in [1.82, 2.24) is 0 Å². The molecule has 0 aliphatic rings. The molecule has 0 unspecified atom stereocenters. The molecule has 0 rings (SSSR count). The largest absolute Gasteiger partial charge is 2.00 e. The van der Waals surface area contributed by atoms with Crippen LogP contribution in [0.25, 0.3) is 0 Å². The van der Waals surface area contributed by atoms with E-state index in [0.717, 1.165) is 0 Å². The Labute approximate surface area is 113 Å². The van der Waals surface area contributed by atoms with Gasteiger partial charge in [-0.3, -0.25) is 0 Å². The first-order valence-corrected chi connectivity index (χ1v) is 1.02. The van der Waals surface area contributed by atoms with Gasteiger partial charge in [0.2, 0.25) is 0 Å². The van der Waals surface area contributed by atoms with Gasteiger partial charge in [0.25, 0.3) is 0 Å². The van der Waals surface area contributed by atoms with Crippen LogP contribution in [-0.2, 0) is 0 Å². The molecule has 0 bridgehead atoms. The number of aliphatic hydroxyl groups excluding tert-OH is 1. The van der Waals surface area contributed by atoms with Gasteiger partial charge in [-0.2, -0.15) is 0 Å². The summed E-state index contributed by atoms with van der Waals surface area (Å²) in [5.74, 6) is 0.